The van der Waals surface area contributed by atoms with Crippen molar-refractivity contribution in [3.05, 3.63) is 66.2 Å². The average molecular weight is 350 g/mol. The number of carbonyl (C=O) groups excluding carboxylic acids is 2. The summed E-state index contributed by atoms with van der Waals surface area (Å²) in [5, 5.41) is 4.42. The van der Waals surface area contributed by atoms with Crippen molar-refractivity contribution >= 4 is 40.0 Å². The predicted octanol–water partition coefficient (Wildman–Crippen LogP) is 4.56. The molecule has 25 heavy (non-hydrogen) atoms. The molecule has 0 unspecified atom stereocenters. The highest BCUT2D eigenvalue weighted by atomic mass is 32.2. The lowest BCUT2D eigenvalue weighted by Crippen LogP contribution is -2.22. The van der Waals surface area contributed by atoms with Gasteiger partial charge in [0.1, 0.15) is 0 Å². The van der Waals surface area contributed by atoms with Gasteiger partial charge in [0.15, 0.2) is 5.78 Å². The van der Waals surface area contributed by atoms with E-state index in [4.69, 9.17) is 0 Å². The van der Waals surface area contributed by atoms with Gasteiger partial charge in [-0.1, -0.05) is 48.2 Å². The molecule has 3 rings (SSSR count). The van der Waals surface area contributed by atoms with E-state index in [2.05, 4.69) is 10.3 Å². The summed E-state index contributed by atoms with van der Waals surface area (Å²) >= 11 is 1.41. The molecule has 1 amide bonds. The fraction of sp³-hybridized carbons (Fsp3) is 0.150. The maximum atomic E-state index is 12.4. The van der Waals surface area contributed by atoms with E-state index in [0.29, 0.717) is 11.3 Å². The normalized spacial score (nSPS) is 11.9. The van der Waals surface area contributed by atoms with Crippen LogP contribution in [-0.2, 0) is 4.79 Å². The molecule has 1 N–H and O–H groups in total. The number of nitrogens with one attached hydrogen (secondary N) is 1. The van der Waals surface area contributed by atoms with E-state index in [-0.39, 0.29) is 16.9 Å². The van der Waals surface area contributed by atoms with Crippen LogP contribution in [0.3, 0.4) is 0 Å². The molecule has 126 valence electrons. The van der Waals surface area contributed by atoms with E-state index in [9.17, 15) is 9.59 Å². The third-order valence-corrected chi connectivity index (χ3v) is 4.81. The first-order valence-corrected chi connectivity index (χ1v) is 8.85. The van der Waals surface area contributed by atoms with Crippen LogP contribution in [0.4, 0.5) is 5.69 Å². The van der Waals surface area contributed by atoms with Crippen LogP contribution in [0.1, 0.15) is 24.2 Å². The Morgan fingerprint density at radius 2 is 1.84 bits per heavy atom. The van der Waals surface area contributed by atoms with Crippen LogP contribution in [-0.4, -0.2) is 21.9 Å². The van der Waals surface area contributed by atoms with Crippen LogP contribution in [0, 0.1) is 0 Å². The molecule has 0 saturated heterocycles. The third kappa shape index (κ3) is 4.25. The van der Waals surface area contributed by atoms with Crippen LogP contribution in [0.5, 0.6) is 0 Å². The predicted molar refractivity (Wildman–Crippen MR) is 102 cm³/mol. The second-order valence-corrected chi connectivity index (χ2v) is 7.09. The molecule has 0 aliphatic carbocycles. The Kier molecular flexibility index (Phi) is 5.14. The minimum Gasteiger partial charge on any atom is -0.325 e. The van der Waals surface area contributed by atoms with Gasteiger partial charge in [0, 0.05) is 16.6 Å². The number of benzene rings is 2. The summed E-state index contributed by atoms with van der Waals surface area (Å²) in [5.74, 6) is -0.153. The zero-order valence-corrected chi connectivity index (χ0v) is 14.8. The van der Waals surface area contributed by atoms with Crippen molar-refractivity contribution < 1.29 is 9.59 Å². The van der Waals surface area contributed by atoms with Crippen molar-refractivity contribution in [2.75, 3.05) is 5.32 Å². The van der Waals surface area contributed by atoms with Crippen molar-refractivity contribution in [1.29, 1.82) is 0 Å². The number of ketones is 1. The van der Waals surface area contributed by atoms with Crippen molar-refractivity contribution in [1.82, 2.24) is 4.98 Å². The quantitative estimate of drug-likeness (QED) is 0.541. The van der Waals surface area contributed by atoms with E-state index >= 15 is 0 Å². The van der Waals surface area contributed by atoms with Gasteiger partial charge in [0.05, 0.1) is 15.8 Å². The maximum absolute atomic E-state index is 12.4. The minimum absolute atomic E-state index is 0.0288. The molecule has 1 atom stereocenters. The third-order valence-electron chi connectivity index (χ3n) is 3.78. The number of amides is 1. The summed E-state index contributed by atoms with van der Waals surface area (Å²) in [5.41, 5.74) is 2.11. The molecular weight excluding hydrogens is 332 g/mol. The summed E-state index contributed by atoms with van der Waals surface area (Å²) < 4.78 is 0. The first kappa shape index (κ1) is 17.2. The molecule has 0 spiro atoms. The molecule has 0 aliphatic heterocycles. The largest absolute Gasteiger partial charge is 0.325 e. The zero-order chi connectivity index (χ0) is 17.8. The molecule has 1 heterocycles. The van der Waals surface area contributed by atoms with Gasteiger partial charge in [-0.2, -0.15) is 0 Å². The number of carbonyl (C=O) groups is 2. The van der Waals surface area contributed by atoms with Crippen molar-refractivity contribution in [3.8, 4) is 0 Å². The Bertz CT molecular complexity index is 940. The number of aromatic nitrogens is 1. The first-order valence-electron chi connectivity index (χ1n) is 7.97. The Hall–Kier alpha value is -2.66. The van der Waals surface area contributed by atoms with Gasteiger partial charge in [0.2, 0.25) is 5.91 Å². The number of nitrogens with zero attached hydrogens (tertiary/aromatic N) is 1. The number of hydrogen-bond donors (Lipinski definition) is 1. The van der Waals surface area contributed by atoms with Crippen LogP contribution < -0.4 is 5.32 Å². The van der Waals surface area contributed by atoms with Crippen molar-refractivity contribution in [2.24, 2.45) is 0 Å². The van der Waals surface area contributed by atoms with Crippen LogP contribution >= 0.6 is 11.8 Å². The highest BCUT2D eigenvalue weighted by Crippen LogP contribution is 2.25. The topological polar surface area (TPSA) is 59.1 Å². The standard InChI is InChI=1S/C20H18N2O2S/c1-13(23)16-7-5-8-17(12-16)21-20(24)14(2)25-19-11-10-15-6-3-4-9-18(15)22-19/h3-12,14H,1-2H3,(H,21,24)/t14-/m0/s1. The number of anilines is 1. The van der Waals surface area contributed by atoms with E-state index < -0.39 is 0 Å². The molecule has 0 fully saturated rings. The van der Waals surface area contributed by atoms with Gasteiger partial charge in [-0.3, -0.25) is 9.59 Å². The number of thioether (sulfide) groups is 1. The molecule has 4 nitrogen and oxygen atoms in total. The average Bonchev–Trinajstić information content (AvgIpc) is 2.61. The van der Waals surface area contributed by atoms with Gasteiger partial charge in [-0.15, -0.1) is 0 Å². The monoisotopic (exact) mass is 350 g/mol. The molecule has 0 saturated carbocycles. The molecule has 0 bridgehead atoms. The van der Waals surface area contributed by atoms with E-state index in [1.54, 1.807) is 24.3 Å². The molecule has 0 aliphatic rings. The summed E-state index contributed by atoms with van der Waals surface area (Å²) in [6.45, 7) is 3.34. The van der Waals surface area contributed by atoms with Crippen molar-refractivity contribution in [2.45, 2.75) is 24.1 Å². The van der Waals surface area contributed by atoms with Crippen LogP contribution in [0.25, 0.3) is 10.9 Å². The number of pyridine rings is 1. The van der Waals surface area contributed by atoms with Crippen LogP contribution in [0.15, 0.2) is 65.7 Å². The zero-order valence-electron chi connectivity index (χ0n) is 14.0. The Balaban J connectivity index is 1.69. The van der Waals surface area contributed by atoms with E-state index in [1.165, 1.54) is 18.7 Å². The lowest BCUT2D eigenvalue weighted by atomic mass is 10.1. The summed E-state index contributed by atoms with van der Waals surface area (Å²) in [6.07, 6.45) is 0. The second-order valence-electron chi connectivity index (χ2n) is 5.73. The number of Topliss-reactive ketones (excluding diaryl/α,β-unsaturated/α-hetero) is 1. The van der Waals surface area contributed by atoms with Gasteiger partial charge in [-0.25, -0.2) is 4.98 Å². The second kappa shape index (κ2) is 7.49. The smallest absolute Gasteiger partial charge is 0.237 e. The molecule has 0 radical (unpaired) electrons. The lowest BCUT2D eigenvalue weighted by Gasteiger charge is -2.12. The Morgan fingerprint density at radius 3 is 2.64 bits per heavy atom. The van der Waals surface area contributed by atoms with Gasteiger partial charge in [0.25, 0.3) is 0 Å². The van der Waals surface area contributed by atoms with Crippen molar-refractivity contribution in [3.63, 3.8) is 0 Å². The summed E-state index contributed by atoms with van der Waals surface area (Å²) in [6, 6.07) is 18.8. The highest BCUT2D eigenvalue weighted by molar-refractivity contribution is 8.00. The Labute approximate surface area is 150 Å². The lowest BCUT2D eigenvalue weighted by molar-refractivity contribution is -0.115. The molecule has 2 aromatic carbocycles. The number of hydrogen-bond acceptors (Lipinski definition) is 4. The minimum atomic E-state index is -0.311. The summed E-state index contributed by atoms with van der Waals surface area (Å²) in [4.78, 5) is 28.4. The molecular formula is C20H18N2O2S. The maximum Gasteiger partial charge on any atom is 0.237 e. The SMILES string of the molecule is CC(=O)c1cccc(NC(=O)[C@H](C)Sc2ccc3ccccc3n2)c1. The van der Waals surface area contributed by atoms with Gasteiger partial charge in [-0.05, 0) is 38.1 Å². The van der Waals surface area contributed by atoms with Gasteiger partial charge >= 0.3 is 0 Å². The van der Waals surface area contributed by atoms with E-state index in [0.717, 1.165) is 15.9 Å². The van der Waals surface area contributed by atoms with Gasteiger partial charge < -0.3 is 5.32 Å². The number of para-hydroxylation sites is 1. The Morgan fingerprint density at radius 1 is 1.04 bits per heavy atom. The fourth-order valence-corrected chi connectivity index (χ4v) is 3.23. The molecule has 5 heteroatoms. The number of fused-ring (bicyclic) bond motifs is 1. The molecule has 3 aromatic rings. The van der Waals surface area contributed by atoms with E-state index in [1.807, 2.05) is 43.3 Å². The first-order chi connectivity index (χ1) is 12.0. The number of rotatable bonds is 5. The highest BCUT2D eigenvalue weighted by Gasteiger charge is 2.16. The fourth-order valence-electron chi connectivity index (χ4n) is 2.41. The molecule has 1 aromatic heterocycles. The summed E-state index contributed by atoms with van der Waals surface area (Å²) in [7, 11) is 0. The van der Waals surface area contributed by atoms with Crippen LogP contribution in [0.2, 0.25) is 0 Å².